The number of hydrogen-bond donors (Lipinski definition) is 0. The van der Waals surface area contributed by atoms with Crippen molar-refractivity contribution >= 4 is 5.91 Å². The van der Waals surface area contributed by atoms with Gasteiger partial charge in [0.1, 0.15) is 0 Å². The van der Waals surface area contributed by atoms with Crippen LogP contribution in [0.2, 0.25) is 0 Å². The number of piperidine rings is 1. The minimum Gasteiger partial charge on any atom is -0.342 e. The molecule has 1 aromatic rings. The van der Waals surface area contributed by atoms with Crippen molar-refractivity contribution in [3.8, 4) is 0 Å². The number of amides is 1. The van der Waals surface area contributed by atoms with E-state index in [4.69, 9.17) is 0 Å². The predicted molar refractivity (Wildman–Crippen MR) is 146 cm³/mol. The smallest absolute Gasteiger partial charge is 0.222 e. The van der Waals surface area contributed by atoms with Crippen LogP contribution in [0.1, 0.15) is 110 Å². The van der Waals surface area contributed by atoms with Crippen molar-refractivity contribution in [1.29, 1.82) is 0 Å². The summed E-state index contributed by atoms with van der Waals surface area (Å²) in [5.41, 5.74) is 2.31. The van der Waals surface area contributed by atoms with Gasteiger partial charge in [-0.15, -0.1) is 0 Å². The molecule has 194 valence electrons. The van der Waals surface area contributed by atoms with Crippen molar-refractivity contribution in [3.63, 3.8) is 0 Å². The molecule has 35 heavy (non-hydrogen) atoms. The van der Waals surface area contributed by atoms with Gasteiger partial charge in [0.05, 0.1) is 0 Å². The van der Waals surface area contributed by atoms with Crippen molar-refractivity contribution < 1.29 is 4.79 Å². The minimum atomic E-state index is 0.279. The molecule has 9 atom stereocenters. The Morgan fingerprint density at radius 1 is 0.943 bits per heavy atom. The molecule has 1 aromatic carbocycles. The van der Waals surface area contributed by atoms with E-state index in [1.54, 1.807) is 0 Å². The normalized spacial score (nSPS) is 41.9. The Bertz CT molecular complexity index is 894. The second-order valence-electron chi connectivity index (χ2n) is 14.1. The van der Waals surface area contributed by atoms with Crippen molar-refractivity contribution in [2.75, 3.05) is 7.05 Å². The average Bonchev–Trinajstić information content (AvgIpc) is 3.19. The molecule has 0 N–H and O–H groups in total. The molecule has 4 fully saturated rings. The van der Waals surface area contributed by atoms with Crippen LogP contribution in [0.15, 0.2) is 30.3 Å². The second-order valence-corrected chi connectivity index (χ2v) is 14.1. The lowest BCUT2D eigenvalue weighted by atomic mass is 9.43. The van der Waals surface area contributed by atoms with Gasteiger partial charge in [0.25, 0.3) is 0 Å². The number of hydrogen-bond acceptors (Lipinski definition) is 1. The lowest BCUT2D eigenvalue weighted by molar-refractivity contribution is -0.162. The SMILES string of the molecule is CC(C)CCCC(C)C1CCC2C3C(c4ccccc4)CC4N(C)C(=O)CC[C@]4(C)C3CC[C@]12C. The highest BCUT2D eigenvalue weighted by Gasteiger charge is 2.63. The van der Waals surface area contributed by atoms with Crippen LogP contribution in [0.4, 0.5) is 0 Å². The molecule has 3 aliphatic carbocycles. The highest BCUT2D eigenvalue weighted by atomic mass is 16.2. The van der Waals surface area contributed by atoms with Gasteiger partial charge >= 0.3 is 0 Å². The molecule has 1 heterocycles. The molecule has 2 heteroatoms. The number of likely N-dealkylation sites (tertiary alicyclic amines) is 1. The third kappa shape index (κ3) is 4.19. The van der Waals surface area contributed by atoms with Crippen LogP contribution in [0.25, 0.3) is 0 Å². The van der Waals surface area contributed by atoms with Crippen LogP contribution in [0.3, 0.4) is 0 Å². The molecular formula is C33H51NO. The monoisotopic (exact) mass is 477 g/mol. The van der Waals surface area contributed by atoms with Crippen molar-refractivity contribution in [2.45, 2.75) is 111 Å². The zero-order valence-electron chi connectivity index (χ0n) is 23.4. The molecule has 7 unspecified atom stereocenters. The first-order chi connectivity index (χ1) is 16.7. The number of nitrogens with zero attached hydrogens (tertiary/aromatic N) is 1. The number of rotatable bonds is 6. The van der Waals surface area contributed by atoms with E-state index in [-0.39, 0.29) is 5.41 Å². The van der Waals surface area contributed by atoms with Gasteiger partial charge < -0.3 is 4.90 Å². The van der Waals surface area contributed by atoms with E-state index in [9.17, 15) is 4.79 Å². The third-order valence-electron chi connectivity index (χ3n) is 12.1. The highest BCUT2D eigenvalue weighted by molar-refractivity contribution is 5.77. The lowest BCUT2D eigenvalue weighted by Gasteiger charge is -2.64. The maximum Gasteiger partial charge on any atom is 0.222 e. The Morgan fingerprint density at radius 2 is 1.66 bits per heavy atom. The molecule has 1 saturated heterocycles. The standard InChI is InChI=1S/C33H51NO/c1-22(2)11-10-12-23(3)26-15-16-27-31-25(24-13-8-7-9-14-24)21-29-33(5,20-18-30(35)34(29)6)28(31)17-19-32(26,27)4/h7-9,13-14,22-23,25-29,31H,10-12,15-21H2,1-6H3/t23?,25?,26?,27?,28?,29?,31?,32-,33-/m1/s1. The topological polar surface area (TPSA) is 20.3 Å². The van der Waals surface area contributed by atoms with Crippen molar-refractivity contribution in [3.05, 3.63) is 35.9 Å². The summed E-state index contributed by atoms with van der Waals surface area (Å²) in [5.74, 6) is 5.88. The Morgan fingerprint density at radius 3 is 2.37 bits per heavy atom. The molecule has 0 radical (unpaired) electrons. The molecular weight excluding hydrogens is 426 g/mol. The fraction of sp³-hybridized carbons (Fsp3) is 0.788. The molecule has 3 saturated carbocycles. The van der Waals surface area contributed by atoms with Crippen molar-refractivity contribution in [1.82, 2.24) is 4.90 Å². The average molecular weight is 478 g/mol. The lowest BCUT2D eigenvalue weighted by Crippen LogP contribution is -2.63. The summed E-state index contributed by atoms with van der Waals surface area (Å²) in [6.45, 7) is 12.6. The largest absolute Gasteiger partial charge is 0.342 e. The molecule has 0 aromatic heterocycles. The minimum absolute atomic E-state index is 0.279. The van der Waals surface area contributed by atoms with Crippen molar-refractivity contribution in [2.24, 2.45) is 46.3 Å². The van der Waals surface area contributed by atoms with E-state index < -0.39 is 0 Å². The first-order valence-corrected chi connectivity index (χ1v) is 15.0. The van der Waals surface area contributed by atoms with E-state index in [1.165, 1.54) is 50.5 Å². The van der Waals surface area contributed by atoms with E-state index in [0.717, 1.165) is 54.8 Å². The summed E-state index contributed by atoms with van der Waals surface area (Å²) in [4.78, 5) is 15.0. The summed E-state index contributed by atoms with van der Waals surface area (Å²) in [6.07, 6.45) is 12.8. The Balaban J connectivity index is 1.47. The van der Waals surface area contributed by atoms with Gasteiger partial charge in [-0.05, 0) is 96.3 Å². The van der Waals surface area contributed by atoms with Crippen LogP contribution < -0.4 is 0 Å². The fourth-order valence-corrected chi connectivity index (χ4v) is 10.2. The van der Waals surface area contributed by atoms with Crippen LogP contribution in [0.5, 0.6) is 0 Å². The number of carbonyl (C=O) groups is 1. The zero-order valence-corrected chi connectivity index (χ0v) is 23.4. The molecule has 1 aliphatic heterocycles. The Labute approximate surface area is 215 Å². The molecule has 4 aliphatic rings. The first kappa shape index (κ1) is 25.3. The highest BCUT2D eigenvalue weighted by Crippen LogP contribution is 2.69. The summed E-state index contributed by atoms with van der Waals surface area (Å²) in [6, 6.07) is 11.8. The quantitative estimate of drug-likeness (QED) is 0.403. The van der Waals surface area contributed by atoms with Crippen LogP contribution >= 0.6 is 0 Å². The van der Waals surface area contributed by atoms with Gasteiger partial charge in [0, 0.05) is 19.5 Å². The molecule has 2 nitrogen and oxygen atoms in total. The maximum absolute atomic E-state index is 12.8. The van der Waals surface area contributed by atoms with Crippen LogP contribution in [-0.2, 0) is 4.79 Å². The van der Waals surface area contributed by atoms with Gasteiger partial charge in [0.2, 0.25) is 5.91 Å². The Kier molecular flexibility index (Phi) is 6.90. The molecule has 0 spiro atoms. The maximum atomic E-state index is 12.8. The Hall–Kier alpha value is -1.31. The van der Waals surface area contributed by atoms with Gasteiger partial charge in [0.15, 0.2) is 0 Å². The number of benzene rings is 1. The molecule has 0 bridgehead atoms. The first-order valence-electron chi connectivity index (χ1n) is 15.0. The third-order valence-corrected chi connectivity index (χ3v) is 12.1. The van der Waals surface area contributed by atoms with Gasteiger partial charge in [-0.3, -0.25) is 4.79 Å². The van der Waals surface area contributed by atoms with Gasteiger partial charge in [-0.25, -0.2) is 0 Å². The summed E-state index contributed by atoms with van der Waals surface area (Å²) in [5, 5.41) is 0. The number of carbonyl (C=O) groups excluding carboxylic acids is 1. The van der Waals surface area contributed by atoms with Crippen LogP contribution in [0, 0.1) is 46.3 Å². The van der Waals surface area contributed by atoms with E-state index >= 15 is 0 Å². The number of fused-ring (bicyclic) bond motifs is 5. The van der Waals surface area contributed by atoms with E-state index in [0.29, 0.717) is 23.3 Å². The summed E-state index contributed by atoms with van der Waals surface area (Å²) >= 11 is 0. The summed E-state index contributed by atoms with van der Waals surface area (Å²) in [7, 11) is 2.10. The second kappa shape index (κ2) is 9.53. The molecule has 1 amide bonds. The van der Waals surface area contributed by atoms with E-state index in [2.05, 4.69) is 76.9 Å². The fourth-order valence-electron chi connectivity index (χ4n) is 10.2. The van der Waals surface area contributed by atoms with Gasteiger partial charge in [-0.1, -0.05) is 84.2 Å². The van der Waals surface area contributed by atoms with Crippen LogP contribution in [-0.4, -0.2) is 23.9 Å². The predicted octanol–water partition coefficient (Wildman–Crippen LogP) is 8.32. The summed E-state index contributed by atoms with van der Waals surface area (Å²) < 4.78 is 0. The zero-order chi connectivity index (χ0) is 25.0. The van der Waals surface area contributed by atoms with E-state index in [1.807, 2.05) is 0 Å². The molecule has 5 rings (SSSR count). The van der Waals surface area contributed by atoms with Gasteiger partial charge in [-0.2, -0.15) is 0 Å².